The van der Waals surface area contributed by atoms with Crippen molar-refractivity contribution in [3.05, 3.63) is 41.0 Å². The van der Waals surface area contributed by atoms with E-state index >= 15 is 0 Å². The van der Waals surface area contributed by atoms with E-state index in [1.165, 1.54) is 0 Å². The number of nitrogens with zero attached hydrogens (tertiary/aromatic N) is 1. The smallest absolute Gasteiger partial charge is 0.0924 e. The van der Waals surface area contributed by atoms with Crippen LogP contribution in [0.5, 0.6) is 0 Å². The molecule has 0 saturated carbocycles. The monoisotopic (exact) mass is 249 g/mol. The van der Waals surface area contributed by atoms with Gasteiger partial charge < -0.3 is 5.32 Å². The summed E-state index contributed by atoms with van der Waals surface area (Å²) in [6, 6.07) is 10.2. The molecule has 2 N–H and O–H groups in total. The van der Waals surface area contributed by atoms with Crippen LogP contribution in [0.25, 0.3) is 11.3 Å². The van der Waals surface area contributed by atoms with Gasteiger partial charge in [-0.2, -0.15) is 5.10 Å². The molecule has 0 fully saturated rings. The quantitative estimate of drug-likeness (QED) is 0.874. The van der Waals surface area contributed by atoms with Crippen LogP contribution in [0, 0.1) is 0 Å². The minimum absolute atomic E-state index is 0.466. The van der Waals surface area contributed by atoms with Crippen molar-refractivity contribution in [3.63, 3.8) is 0 Å². The van der Waals surface area contributed by atoms with E-state index in [1.807, 2.05) is 30.3 Å². The molecule has 0 aliphatic rings. The molecule has 17 heavy (non-hydrogen) atoms. The van der Waals surface area contributed by atoms with Crippen LogP contribution in [-0.4, -0.2) is 16.2 Å². The first kappa shape index (κ1) is 12.1. The molecule has 1 aromatic carbocycles. The highest BCUT2D eigenvalue weighted by Crippen LogP contribution is 2.21. The van der Waals surface area contributed by atoms with Gasteiger partial charge in [0.25, 0.3) is 0 Å². The molecule has 0 saturated heterocycles. The summed E-state index contributed by atoms with van der Waals surface area (Å²) < 4.78 is 0. The summed E-state index contributed by atoms with van der Waals surface area (Å²) >= 11 is 5.95. The zero-order valence-electron chi connectivity index (χ0n) is 10.00. The lowest BCUT2D eigenvalue weighted by atomic mass is 10.1. The summed E-state index contributed by atoms with van der Waals surface area (Å²) in [5.41, 5.74) is 3.03. The minimum atomic E-state index is 0.466. The Kier molecular flexibility index (Phi) is 3.82. The number of rotatable bonds is 4. The van der Waals surface area contributed by atoms with Gasteiger partial charge in [0, 0.05) is 28.9 Å². The number of halogens is 1. The molecule has 3 nitrogen and oxygen atoms in total. The number of aromatic nitrogens is 2. The predicted octanol–water partition coefficient (Wildman–Crippen LogP) is 3.23. The standard InChI is InChI=1S/C13H16ClN3/c1-9(2)15-8-12-7-13(17-16-12)10-4-3-5-11(14)6-10/h3-7,9,15H,8H2,1-2H3,(H,16,17). The van der Waals surface area contributed by atoms with Crippen LogP contribution in [0.4, 0.5) is 0 Å². The van der Waals surface area contributed by atoms with Crippen molar-refractivity contribution in [1.82, 2.24) is 15.5 Å². The largest absolute Gasteiger partial charge is 0.309 e. The maximum atomic E-state index is 5.95. The topological polar surface area (TPSA) is 40.7 Å². The molecule has 0 radical (unpaired) electrons. The van der Waals surface area contributed by atoms with Crippen molar-refractivity contribution in [2.75, 3.05) is 0 Å². The number of hydrogen-bond donors (Lipinski definition) is 2. The predicted molar refractivity (Wildman–Crippen MR) is 71.0 cm³/mol. The maximum Gasteiger partial charge on any atom is 0.0924 e. The van der Waals surface area contributed by atoms with Crippen LogP contribution in [0.3, 0.4) is 0 Å². The number of benzene rings is 1. The Labute approximate surface area is 106 Å². The van der Waals surface area contributed by atoms with Crippen LogP contribution in [0.2, 0.25) is 5.02 Å². The molecule has 2 aromatic rings. The van der Waals surface area contributed by atoms with Gasteiger partial charge in [0.15, 0.2) is 0 Å². The van der Waals surface area contributed by atoms with Gasteiger partial charge in [-0.05, 0) is 18.2 Å². The molecule has 0 bridgehead atoms. The second kappa shape index (κ2) is 5.34. The van der Waals surface area contributed by atoms with E-state index in [-0.39, 0.29) is 0 Å². The lowest BCUT2D eigenvalue weighted by Crippen LogP contribution is -2.21. The van der Waals surface area contributed by atoms with E-state index in [1.54, 1.807) is 0 Å². The average Bonchev–Trinajstić information content (AvgIpc) is 2.75. The summed E-state index contributed by atoms with van der Waals surface area (Å²) in [5, 5.41) is 11.4. The molecule has 4 heteroatoms. The highest BCUT2D eigenvalue weighted by Gasteiger charge is 2.04. The Balaban J connectivity index is 2.12. The molecular formula is C13H16ClN3. The number of hydrogen-bond acceptors (Lipinski definition) is 2. The second-order valence-electron chi connectivity index (χ2n) is 4.32. The summed E-state index contributed by atoms with van der Waals surface area (Å²) in [4.78, 5) is 0. The van der Waals surface area contributed by atoms with Gasteiger partial charge in [0.1, 0.15) is 0 Å². The van der Waals surface area contributed by atoms with Crippen LogP contribution in [0.15, 0.2) is 30.3 Å². The lowest BCUT2D eigenvalue weighted by Gasteiger charge is -2.04. The SMILES string of the molecule is CC(C)NCc1cc(-c2cccc(Cl)c2)n[nH]1. The van der Waals surface area contributed by atoms with Crippen molar-refractivity contribution in [3.8, 4) is 11.3 Å². The van der Waals surface area contributed by atoms with E-state index in [4.69, 9.17) is 11.6 Å². The lowest BCUT2D eigenvalue weighted by molar-refractivity contribution is 0.580. The van der Waals surface area contributed by atoms with Crippen molar-refractivity contribution in [2.24, 2.45) is 0 Å². The number of H-pyrrole nitrogens is 1. The minimum Gasteiger partial charge on any atom is -0.309 e. The number of nitrogens with one attached hydrogen (secondary N) is 2. The summed E-state index contributed by atoms with van der Waals surface area (Å²) in [6.07, 6.45) is 0. The molecule has 2 rings (SSSR count). The van der Waals surface area contributed by atoms with Crippen LogP contribution >= 0.6 is 11.6 Å². The molecule has 90 valence electrons. The van der Waals surface area contributed by atoms with Gasteiger partial charge >= 0.3 is 0 Å². The molecule has 0 atom stereocenters. The summed E-state index contributed by atoms with van der Waals surface area (Å²) in [7, 11) is 0. The molecule has 1 aromatic heterocycles. The third kappa shape index (κ3) is 3.32. The molecule has 0 unspecified atom stereocenters. The number of aromatic amines is 1. The van der Waals surface area contributed by atoms with E-state index < -0.39 is 0 Å². The first-order valence-corrected chi connectivity index (χ1v) is 6.06. The Morgan fingerprint density at radius 3 is 2.88 bits per heavy atom. The molecule has 0 aliphatic heterocycles. The van der Waals surface area contributed by atoms with Gasteiger partial charge in [0.2, 0.25) is 0 Å². The zero-order valence-corrected chi connectivity index (χ0v) is 10.8. The fraction of sp³-hybridized carbons (Fsp3) is 0.308. The van der Waals surface area contributed by atoms with Crippen LogP contribution in [0.1, 0.15) is 19.5 Å². The van der Waals surface area contributed by atoms with E-state index in [0.717, 1.165) is 28.5 Å². The van der Waals surface area contributed by atoms with E-state index in [0.29, 0.717) is 6.04 Å². The van der Waals surface area contributed by atoms with Gasteiger partial charge in [-0.1, -0.05) is 37.6 Å². The first-order chi connectivity index (χ1) is 8.15. The summed E-state index contributed by atoms with van der Waals surface area (Å²) in [6.45, 7) is 5.04. The van der Waals surface area contributed by atoms with Crippen LogP contribution in [-0.2, 0) is 6.54 Å². The van der Waals surface area contributed by atoms with Gasteiger partial charge in [-0.25, -0.2) is 0 Å². The Morgan fingerprint density at radius 1 is 1.35 bits per heavy atom. The van der Waals surface area contributed by atoms with Crippen molar-refractivity contribution in [2.45, 2.75) is 26.4 Å². The highest BCUT2D eigenvalue weighted by atomic mass is 35.5. The Hall–Kier alpha value is -1.32. The fourth-order valence-corrected chi connectivity index (χ4v) is 1.75. The van der Waals surface area contributed by atoms with E-state index in [2.05, 4.69) is 29.4 Å². The summed E-state index contributed by atoms with van der Waals surface area (Å²) in [5.74, 6) is 0. The van der Waals surface area contributed by atoms with Crippen molar-refractivity contribution >= 4 is 11.6 Å². The molecule has 1 heterocycles. The molecule has 0 aliphatic carbocycles. The second-order valence-corrected chi connectivity index (χ2v) is 4.76. The Bertz CT molecular complexity index is 491. The maximum absolute atomic E-state index is 5.95. The fourth-order valence-electron chi connectivity index (χ4n) is 1.56. The van der Waals surface area contributed by atoms with E-state index in [9.17, 15) is 0 Å². The zero-order chi connectivity index (χ0) is 12.3. The van der Waals surface area contributed by atoms with Gasteiger partial charge in [-0.15, -0.1) is 0 Å². The highest BCUT2D eigenvalue weighted by molar-refractivity contribution is 6.30. The van der Waals surface area contributed by atoms with Crippen molar-refractivity contribution in [1.29, 1.82) is 0 Å². The molecule has 0 spiro atoms. The third-order valence-electron chi connectivity index (χ3n) is 2.45. The average molecular weight is 250 g/mol. The molecule has 0 amide bonds. The van der Waals surface area contributed by atoms with Gasteiger partial charge in [-0.3, -0.25) is 5.10 Å². The first-order valence-electron chi connectivity index (χ1n) is 5.69. The Morgan fingerprint density at radius 2 is 2.18 bits per heavy atom. The normalized spacial score (nSPS) is 11.1. The van der Waals surface area contributed by atoms with Gasteiger partial charge in [0.05, 0.1) is 5.69 Å². The van der Waals surface area contributed by atoms with Crippen LogP contribution < -0.4 is 5.32 Å². The van der Waals surface area contributed by atoms with Crippen molar-refractivity contribution < 1.29 is 0 Å². The molecular weight excluding hydrogens is 234 g/mol. The third-order valence-corrected chi connectivity index (χ3v) is 2.69.